The molecule has 3 heteroatoms. The lowest BCUT2D eigenvalue weighted by Crippen LogP contribution is -2.13. The third kappa shape index (κ3) is 4.21. The van der Waals surface area contributed by atoms with Crippen LogP contribution in [0.1, 0.15) is 37.0 Å². The zero-order valence-electron chi connectivity index (χ0n) is 11.9. The molecule has 2 aromatic rings. The van der Waals surface area contributed by atoms with Crippen LogP contribution in [-0.4, -0.2) is 16.3 Å². The largest absolute Gasteiger partial charge is 0.313 e. The van der Waals surface area contributed by atoms with E-state index < -0.39 is 0 Å². The van der Waals surface area contributed by atoms with Crippen LogP contribution in [0.3, 0.4) is 0 Å². The molecule has 0 saturated carbocycles. The van der Waals surface area contributed by atoms with Gasteiger partial charge in [0.2, 0.25) is 0 Å². The van der Waals surface area contributed by atoms with Crippen molar-refractivity contribution in [2.24, 2.45) is 0 Å². The maximum atomic E-state index is 4.41. The van der Waals surface area contributed by atoms with Crippen molar-refractivity contribution in [3.63, 3.8) is 0 Å². The summed E-state index contributed by atoms with van der Waals surface area (Å²) in [5.41, 5.74) is 3.93. The fourth-order valence-electron chi connectivity index (χ4n) is 2.06. The summed E-state index contributed by atoms with van der Waals surface area (Å²) in [5.74, 6) is 0. The van der Waals surface area contributed by atoms with Crippen LogP contribution in [0, 0.1) is 0 Å². The van der Waals surface area contributed by atoms with E-state index in [9.17, 15) is 0 Å². The second-order valence-corrected chi connectivity index (χ2v) is 4.89. The van der Waals surface area contributed by atoms with Gasteiger partial charge in [0.25, 0.3) is 0 Å². The average molecular weight is 257 g/mol. The van der Waals surface area contributed by atoms with Crippen molar-refractivity contribution in [3.05, 3.63) is 53.3 Å². The molecule has 1 N–H and O–H groups in total. The summed E-state index contributed by atoms with van der Waals surface area (Å²) in [4.78, 5) is 0. The first-order valence-corrected chi connectivity index (χ1v) is 7.11. The lowest BCUT2D eigenvalue weighted by atomic mass is 10.1. The van der Waals surface area contributed by atoms with Crippen molar-refractivity contribution in [2.75, 3.05) is 6.54 Å². The molecule has 0 saturated heterocycles. The topological polar surface area (TPSA) is 29.9 Å². The fraction of sp³-hybridized carbons (Fsp3) is 0.438. The molecule has 0 amide bonds. The molecular formula is C16H23N3. The molecule has 0 atom stereocenters. The SMILES string of the molecule is CCCNCc1cnn(Cc2ccc(CC)cc2)c1. The van der Waals surface area contributed by atoms with Gasteiger partial charge in [-0.2, -0.15) is 5.10 Å². The third-order valence-corrected chi connectivity index (χ3v) is 3.22. The smallest absolute Gasteiger partial charge is 0.0659 e. The Labute approximate surface area is 115 Å². The van der Waals surface area contributed by atoms with Gasteiger partial charge in [-0.15, -0.1) is 0 Å². The molecular weight excluding hydrogens is 234 g/mol. The van der Waals surface area contributed by atoms with Gasteiger partial charge in [0.1, 0.15) is 0 Å². The highest BCUT2D eigenvalue weighted by Gasteiger charge is 2.00. The minimum atomic E-state index is 0.845. The Morgan fingerprint density at radius 2 is 1.79 bits per heavy atom. The molecule has 0 aliphatic heterocycles. The Balaban J connectivity index is 1.91. The Bertz CT molecular complexity index is 485. The number of aromatic nitrogens is 2. The molecule has 1 aromatic carbocycles. The fourth-order valence-corrected chi connectivity index (χ4v) is 2.06. The summed E-state index contributed by atoms with van der Waals surface area (Å²) in [6, 6.07) is 8.77. The molecule has 102 valence electrons. The third-order valence-electron chi connectivity index (χ3n) is 3.22. The minimum absolute atomic E-state index is 0.845. The second-order valence-electron chi connectivity index (χ2n) is 4.89. The average Bonchev–Trinajstić information content (AvgIpc) is 2.88. The predicted octanol–water partition coefficient (Wildman–Crippen LogP) is 2.99. The maximum Gasteiger partial charge on any atom is 0.0659 e. The van der Waals surface area contributed by atoms with Crippen LogP contribution >= 0.6 is 0 Å². The van der Waals surface area contributed by atoms with Gasteiger partial charge in [-0.25, -0.2) is 0 Å². The molecule has 1 aromatic heterocycles. The number of rotatable bonds is 7. The highest BCUT2D eigenvalue weighted by Crippen LogP contribution is 2.07. The van der Waals surface area contributed by atoms with E-state index in [1.165, 1.54) is 16.7 Å². The maximum absolute atomic E-state index is 4.41. The summed E-state index contributed by atoms with van der Waals surface area (Å²) in [7, 11) is 0. The van der Waals surface area contributed by atoms with Crippen molar-refractivity contribution in [3.8, 4) is 0 Å². The molecule has 0 aliphatic carbocycles. The number of nitrogens with zero attached hydrogens (tertiary/aromatic N) is 2. The van der Waals surface area contributed by atoms with Gasteiger partial charge in [0, 0.05) is 18.3 Å². The van der Waals surface area contributed by atoms with E-state index in [0.717, 1.165) is 32.5 Å². The molecule has 0 radical (unpaired) electrons. The van der Waals surface area contributed by atoms with E-state index in [4.69, 9.17) is 0 Å². The van der Waals surface area contributed by atoms with Crippen LogP contribution in [0.4, 0.5) is 0 Å². The van der Waals surface area contributed by atoms with Crippen LogP contribution in [0.15, 0.2) is 36.7 Å². The van der Waals surface area contributed by atoms with Crippen LogP contribution in [0.25, 0.3) is 0 Å². The Morgan fingerprint density at radius 1 is 1.05 bits per heavy atom. The number of hydrogen-bond acceptors (Lipinski definition) is 2. The van der Waals surface area contributed by atoms with Gasteiger partial charge in [-0.1, -0.05) is 38.1 Å². The molecule has 0 unspecified atom stereocenters. The van der Waals surface area contributed by atoms with Crippen molar-refractivity contribution in [1.29, 1.82) is 0 Å². The molecule has 3 nitrogen and oxygen atoms in total. The zero-order chi connectivity index (χ0) is 13.5. The lowest BCUT2D eigenvalue weighted by Gasteiger charge is -2.03. The predicted molar refractivity (Wildman–Crippen MR) is 79.1 cm³/mol. The lowest BCUT2D eigenvalue weighted by molar-refractivity contribution is 0.668. The Kier molecular flexibility index (Phi) is 5.16. The van der Waals surface area contributed by atoms with Crippen molar-refractivity contribution in [1.82, 2.24) is 15.1 Å². The first-order valence-electron chi connectivity index (χ1n) is 7.11. The molecule has 0 aliphatic rings. The number of benzene rings is 1. The molecule has 19 heavy (non-hydrogen) atoms. The van der Waals surface area contributed by atoms with E-state index in [1.807, 2.05) is 10.9 Å². The standard InChI is InChI=1S/C16H23N3/c1-3-9-17-10-16-11-18-19(13-16)12-15-7-5-14(4-2)6-8-15/h5-8,11,13,17H,3-4,9-10,12H2,1-2H3. The van der Waals surface area contributed by atoms with E-state index in [1.54, 1.807) is 0 Å². The van der Waals surface area contributed by atoms with Gasteiger partial charge in [-0.05, 0) is 30.5 Å². The van der Waals surface area contributed by atoms with Crippen LogP contribution in [0.2, 0.25) is 0 Å². The number of nitrogens with one attached hydrogen (secondary N) is 1. The summed E-state index contributed by atoms with van der Waals surface area (Å²) < 4.78 is 2.00. The van der Waals surface area contributed by atoms with Gasteiger partial charge < -0.3 is 5.32 Å². The van der Waals surface area contributed by atoms with Crippen molar-refractivity contribution >= 4 is 0 Å². The number of hydrogen-bond donors (Lipinski definition) is 1. The van der Waals surface area contributed by atoms with Gasteiger partial charge in [0.05, 0.1) is 12.7 Å². The zero-order valence-corrected chi connectivity index (χ0v) is 11.9. The van der Waals surface area contributed by atoms with Gasteiger partial charge >= 0.3 is 0 Å². The summed E-state index contributed by atoms with van der Waals surface area (Å²) in [5, 5.41) is 7.80. The minimum Gasteiger partial charge on any atom is -0.313 e. The molecule has 1 heterocycles. The van der Waals surface area contributed by atoms with Gasteiger partial charge in [0.15, 0.2) is 0 Å². The van der Waals surface area contributed by atoms with E-state index >= 15 is 0 Å². The van der Waals surface area contributed by atoms with E-state index in [-0.39, 0.29) is 0 Å². The molecule has 0 bridgehead atoms. The monoisotopic (exact) mass is 257 g/mol. The highest BCUT2D eigenvalue weighted by molar-refractivity contribution is 5.22. The van der Waals surface area contributed by atoms with Crippen LogP contribution in [0.5, 0.6) is 0 Å². The van der Waals surface area contributed by atoms with E-state index in [2.05, 4.69) is 54.7 Å². The van der Waals surface area contributed by atoms with Crippen molar-refractivity contribution in [2.45, 2.75) is 39.8 Å². The quantitative estimate of drug-likeness (QED) is 0.773. The van der Waals surface area contributed by atoms with E-state index in [0.29, 0.717) is 0 Å². The van der Waals surface area contributed by atoms with Crippen LogP contribution < -0.4 is 5.32 Å². The summed E-state index contributed by atoms with van der Waals surface area (Å²) >= 11 is 0. The molecule has 2 rings (SSSR count). The number of aryl methyl sites for hydroxylation is 1. The second kappa shape index (κ2) is 7.10. The van der Waals surface area contributed by atoms with Gasteiger partial charge in [-0.3, -0.25) is 4.68 Å². The Hall–Kier alpha value is -1.61. The highest BCUT2D eigenvalue weighted by atomic mass is 15.3. The molecule has 0 fully saturated rings. The van der Waals surface area contributed by atoms with Crippen molar-refractivity contribution < 1.29 is 0 Å². The normalized spacial score (nSPS) is 10.8. The first kappa shape index (κ1) is 13.8. The van der Waals surface area contributed by atoms with Crippen LogP contribution in [-0.2, 0) is 19.5 Å². The Morgan fingerprint density at radius 3 is 2.47 bits per heavy atom. The molecule has 0 spiro atoms. The summed E-state index contributed by atoms with van der Waals surface area (Å²) in [6.45, 7) is 7.17. The first-order chi connectivity index (χ1) is 9.31. The summed E-state index contributed by atoms with van der Waals surface area (Å²) in [6.07, 6.45) is 6.33.